The number of amides is 1. The van der Waals surface area contributed by atoms with Crippen molar-refractivity contribution in [2.45, 2.75) is 19.8 Å². The number of methoxy groups -OCH3 is 1. The molecule has 1 fully saturated rings. The molecule has 146 valence electrons. The molecular formula is C23H27N3O2. The van der Waals surface area contributed by atoms with Gasteiger partial charge in [0.05, 0.1) is 12.8 Å². The predicted octanol–water partition coefficient (Wildman–Crippen LogP) is 3.76. The molecule has 5 heteroatoms. The van der Waals surface area contributed by atoms with Crippen LogP contribution in [0.5, 0.6) is 5.75 Å². The number of allylic oxidation sites excluding steroid dienone is 1. The van der Waals surface area contributed by atoms with Crippen molar-refractivity contribution < 1.29 is 9.53 Å². The highest BCUT2D eigenvalue weighted by Crippen LogP contribution is 2.31. The van der Waals surface area contributed by atoms with Crippen LogP contribution in [-0.2, 0) is 11.2 Å². The van der Waals surface area contributed by atoms with E-state index in [0.717, 1.165) is 49.7 Å². The Morgan fingerprint density at radius 3 is 2.61 bits per heavy atom. The largest absolute Gasteiger partial charge is 0.495 e. The van der Waals surface area contributed by atoms with Gasteiger partial charge in [0.25, 0.3) is 0 Å². The second-order valence-electron chi connectivity index (χ2n) is 7.24. The molecular weight excluding hydrogens is 350 g/mol. The topological polar surface area (TPSA) is 44.8 Å². The lowest BCUT2D eigenvalue weighted by molar-refractivity contribution is -0.116. The summed E-state index contributed by atoms with van der Waals surface area (Å²) >= 11 is 0. The molecule has 1 amide bonds. The third-order valence-corrected chi connectivity index (χ3v) is 5.62. The third kappa shape index (κ3) is 3.57. The van der Waals surface area contributed by atoms with Crippen molar-refractivity contribution in [3.63, 3.8) is 0 Å². The molecule has 28 heavy (non-hydrogen) atoms. The Balaban J connectivity index is 1.48. The summed E-state index contributed by atoms with van der Waals surface area (Å²) in [5, 5.41) is 2.97. The minimum atomic E-state index is 0.110. The monoisotopic (exact) mass is 377 g/mol. The summed E-state index contributed by atoms with van der Waals surface area (Å²) in [6.45, 7) is 5.94. The van der Waals surface area contributed by atoms with Gasteiger partial charge in [-0.05, 0) is 48.7 Å². The smallest absolute Gasteiger partial charge is 0.224 e. The van der Waals surface area contributed by atoms with E-state index in [1.807, 2.05) is 18.2 Å². The van der Waals surface area contributed by atoms with Crippen molar-refractivity contribution in [1.82, 2.24) is 4.90 Å². The van der Waals surface area contributed by atoms with Gasteiger partial charge in [-0.2, -0.15) is 0 Å². The van der Waals surface area contributed by atoms with Gasteiger partial charge in [0, 0.05) is 44.0 Å². The number of hydrogen-bond donors (Lipinski definition) is 1. The summed E-state index contributed by atoms with van der Waals surface area (Å²) in [6, 6.07) is 14.6. The summed E-state index contributed by atoms with van der Waals surface area (Å²) in [7, 11) is 1.73. The van der Waals surface area contributed by atoms with Gasteiger partial charge in [-0.15, -0.1) is 0 Å². The molecule has 4 rings (SSSR count). The Labute approximate surface area is 166 Å². The van der Waals surface area contributed by atoms with E-state index in [2.05, 4.69) is 52.4 Å². The van der Waals surface area contributed by atoms with Crippen LogP contribution in [0.25, 0.3) is 5.70 Å². The molecule has 2 aromatic carbocycles. The zero-order chi connectivity index (χ0) is 19.5. The number of benzene rings is 2. The number of ether oxygens (including phenoxy) is 1. The van der Waals surface area contributed by atoms with Gasteiger partial charge >= 0.3 is 0 Å². The molecule has 0 unspecified atom stereocenters. The van der Waals surface area contributed by atoms with Gasteiger partial charge in [-0.25, -0.2) is 0 Å². The molecule has 1 saturated heterocycles. The molecule has 2 aliphatic heterocycles. The van der Waals surface area contributed by atoms with Gasteiger partial charge in [0.2, 0.25) is 5.91 Å². The maximum atomic E-state index is 11.6. The lowest BCUT2D eigenvalue weighted by atomic mass is 9.98. The number of nitrogens with one attached hydrogen (secondary N) is 1. The van der Waals surface area contributed by atoms with E-state index in [1.54, 1.807) is 7.11 Å². The molecule has 2 aromatic rings. The fourth-order valence-electron chi connectivity index (χ4n) is 4.15. The molecule has 0 aromatic heterocycles. The van der Waals surface area contributed by atoms with Crippen LogP contribution in [0.2, 0.25) is 0 Å². The molecule has 2 aliphatic rings. The van der Waals surface area contributed by atoms with Gasteiger partial charge in [-0.1, -0.05) is 24.3 Å². The summed E-state index contributed by atoms with van der Waals surface area (Å²) < 4.78 is 5.53. The first-order valence-corrected chi connectivity index (χ1v) is 9.92. The number of piperazine rings is 1. The Kier molecular flexibility index (Phi) is 5.24. The minimum absolute atomic E-state index is 0.110. The standard InChI is InChI=1S/C23H27N3O2/c1-3-20(18-8-10-19-17(16-18)9-11-23(27)24-19)25-12-14-26(15-13-25)21-6-4-5-7-22(21)28-2/h3-8,10,16H,9,11-15H2,1-2H3,(H,24,27)/b20-3-. The van der Waals surface area contributed by atoms with Crippen LogP contribution in [0.15, 0.2) is 48.5 Å². The molecule has 1 N–H and O–H groups in total. The quantitative estimate of drug-likeness (QED) is 0.881. The number of rotatable bonds is 4. The lowest BCUT2D eigenvalue weighted by Gasteiger charge is -2.39. The number of para-hydroxylation sites is 2. The zero-order valence-electron chi connectivity index (χ0n) is 16.6. The summed E-state index contributed by atoms with van der Waals surface area (Å²) in [6.07, 6.45) is 3.58. The highest BCUT2D eigenvalue weighted by atomic mass is 16.5. The van der Waals surface area contributed by atoms with Gasteiger partial charge in [0.15, 0.2) is 0 Å². The van der Waals surface area contributed by atoms with E-state index >= 15 is 0 Å². The van der Waals surface area contributed by atoms with Crippen molar-refractivity contribution in [3.8, 4) is 5.75 Å². The first-order chi connectivity index (χ1) is 13.7. The van der Waals surface area contributed by atoms with E-state index in [9.17, 15) is 4.79 Å². The van der Waals surface area contributed by atoms with Crippen molar-refractivity contribution in [2.75, 3.05) is 43.5 Å². The van der Waals surface area contributed by atoms with Crippen LogP contribution >= 0.6 is 0 Å². The van der Waals surface area contributed by atoms with E-state index in [0.29, 0.717) is 6.42 Å². The average molecular weight is 377 g/mol. The van der Waals surface area contributed by atoms with Crippen LogP contribution in [0, 0.1) is 0 Å². The molecule has 5 nitrogen and oxygen atoms in total. The Morgan fingerprint density at radius 2 is 1.86 bits per heavy atom. The number of hydrogen-bond acceptors (Lipinski definition) is 4. The van der Waals surface area contributed by atoms with E-state index in [-0.39, 0.29) is 5.91 Å². The fraction of sp³-hybridized carbons (Fsp3) is 0.348. The second-order valence-corrected chi connectivity index (χ2v) is 7.24. The lowest BCUT2D eigenvalue weighted by Crippen LogP contribution is -2.45. The summed E-state index contributed by atoms with van der Waals surface area (Å²) in [5.74, 6) is 1.04. The number of aryl methyl sites for hydroxylation is 1. The fourth-order valence-corrected chi connectivity index (χ4v) is 4.15. The van der Waals surface area contributed by atoms with E-state index in [4.69, 9.17) is 4.74 Å². The highest BCUT2D eigenvalue weighted by molar-refractivity contribution is 5.94. The van der Waals surface area contributed by atoms with Crippen molar-refractivity contribution in [3.05, 3.63) is 59.7 Å². The first kappa shape index (κ1) is 18.4. The molecule has 0 saturated carbocycles. The molecule has 2 heterocycles. The van der Waals surface area contributed by atoms with Crippen LogP contribution < -0.4 is 15.0 Å². The van der Waals surface area contributed by atoms with Crippen LogP contribution in [-0.4, -0.2) is 44.1 Å². The number of nitrogens with zero attached hydrogens (tertiary/aromatic N) is 2. The SMILES string of the molecule is C/C=C(/c1ccc2c(c1)CCC(=O)N2)N1CCN(c2ccccc2OC)CC1. The second kappa shape index (κ2) is 7.97. The molecule has 0 spiro atoms. The van der Waals surface area contributed by atoms with E-state index in [1.165, 1.54) is 16.8 Å². The first-order valence-electron chi connectivity index (χ1n) is 9.92. The van der Waals surface area contributed by atoms with Crippen LogP contribution in [0.3, 0.4) is 0 Å². The zero-order valence-corrected chi connectivity index (χ0v) is 16.6. The maximum Gasteiger partial charge on any atom is 0.224 e. The number of carbonyl (C=O) groups is 1. The van der Waals surface area contributed by atoms with Crippen molar-refractivity contribution >= 4 is 23.0 Å². The molecule has 0 bridgehead atoms. The Hall–Kier alpha value is -2.95. The number of fused-ring (bicyclic) bond motifs is 1. The number of carbonyl (C=O) groups excluding carboxylic acids is 1. The predicted molar refractivity (Wildman–Crippen MR) is 114 cm³/mol. The Bertz CT molecular complexity index is 898. The van der Waals surface area contributed by atoms with Gasteiger partial charge in [-0.3, -0.25) is 4.79 Å². The van der Waals surface area contributed by atoms with Crippen molar-refractivity contribution in [1.29, 1.82) is 0 Å². The van der Waals surface area contributed by atoms with Crippen LogP contribution in [0.4, 0.5) is 11.4 Å². The van der Waals surface area contributed by atoms with Gasteiger partial charge in [0.1, 0.15) is 5.75 Å². The third-order valence-electron chi connectivity index (χ3n) is 5.62. The molecule has 0 aliphatic carbocycles. The Morgan fingerprint density at radius 1 is 1.07 bits per heavy atom. The minimum Gasteiger partial charge on any atom is -0.495 e. The van der Waals surface area contributed by atoms with Gasteiger partial charge < -0.3 is 19.9 Å². The highest BCUT2D eigenvalue weighted by Gasteiger charge is 2.22. The van der Waals surface area contributed by atoms with Crippen molar-refractivity contribution in [2.24, 2.45) is 0 Å². The normalized spacial score (nSPS) is 17.2. The summed E-state index contributed by atoms with van der Waals surface area (Å²) in [4.78, 5) is 16.4. The molecule has 0 atom stereocenters. The number of anilines is 2. The maximum absolute atomic E-state index is 11.6. The molecule has 0 radical (unpaired) electrons. The average Bonchev–Trinajstić information content (AvgIpc) is 2.75. The van der Waals surface area contributed by atoms with Crippen LogP contribution in [0.1, 0.15) is 24.5 Å². The van der Waals surface area contributed by atoms with E-state index < -0.39 is 0 Å². The summed E-state index contributed by atoms with van der Waals surface area (Å²) in [5.41, 5.74) is 5.83.